The molecular weight excluding hydrogens is 303 g/mol. The molecular formula is C12H17FN2O5S. The molecule has 0 amide bonds. The third-order valence-corrected chi connectivity index (χ3v) is 5.11. The normalized spacial score (nSPS) is 13.5. The highest BCUT2D eigenvalue weighted by atomic mass is 32.2. The molecule has 1 aromatic carbocycles. The molecule has 0 spiro atoms. The average Bonchev–Trinajstić information content (AvgIpc) is 2.25. The lowest BCUT2D eigenvalue weighted by molar-refractivity contribution is -0.388. The van der Waals surface area contributed by atoms with Crippen LogP contribution in [-0.2, 0) is 10.0 Å². The summed E-state index contributed by atoms with van der Waals surface area (Å²) in [5, 5.41) is 20.2. The van der Waals surface area contributed by atoms with Crippen LogP contribution in [-0.4, -0.2) is 42.4 Å². The van der Waals surface area contributed by atoms with Gasteiger partial charge in [-0.05, 0) is 32.4 Å². The Balaban J connectivity index is 3.57. The van der Waals surface area contributed by atoms with E-state index in [1.165, 1.54) is 27.8 Å². The van der Waals surface area contributed by atoms with Gasteiger partial charge in [0.1, 0.15) is 0 Å². The fraction of sp³-hybridized carbons (Fsp3) is 0.500. The molecule has 0 heterocycles. The van der Waals surface area contributed by atoms with Gasteiger partial charge in [-0.3, -0.25) is 10.1 Å². The third-order valence-electron chi connectivity index (χ3n) is 3.00. The Morgan fingerprint density at radius 1 is 1.48 bits per heavy atom. The number of aryl methyl sites for hydroxylation is 1. The van der Waals surface area contributed by atoms with E-state index in [1.54, 1.807) is 0 Å². The van der Waals surface area contributed by atoms with Gasteiger partial charge in [-0.2, -0.15) is 8.70 Å². The van der Waals surface area contributed by atoms with Crippen molar-refractivity contribution in [2.75, 3.05) is 13.6 Å². The first-order chi connectivity index (χ1) is 9.50. The standard InChI is InChI=1S/C12H17FN2O5S/c1-7-5-10(13)11(15(17)18)9(3)12(7)21(19,20)14(4)6-8(2)16/h5,8,16H,6H2,1-4H3. The Hall–Kier alpha value is -1.58. The lowest BCUT2D eigenvalue weighted by Gasteiger charge is -2.21. The van der Waals surface area contributed by atoms with E-state index >= 15 is 0 Å². The minimum Gasteiger partial charge on any atom is -0.392 e. The maximum Gasteiger partial charge on any atom is 0.309 e. The first-order valence-corrected chi connectivity index (χ1v) is 7.52. The summed E-state index contributed by atoms with van der Waals surface area (Å²) in [6, 6.07) is 0.828. The lowest BCUT2D eigenvalue weighted by atomic mass is 10.1. The van der Waals surface area contributed by atoms with Gasteiger partial charge in [-0.25, -0.2) is 8.42 Å². The lowest BCUT2D eigenvalue weighted by Crippen LogP contribution is -2.34. The summed E-state index contributed by atoms with van der Waals surface area (Å²) in [5.41, 5.74) is -1.03. The number of benzene rings is 1. The summed E-state index contributed by atoms with van der Waals surface area (Å²) >= 11 is 0. The van der Waals surface area contributed by atoms with Crippen molar-refractivity contribution in [1.29, 1.82) is 0 Å². The highest BCUT2D eigenvalue weighted by Gasteiger charge is 2.32. The zero-order valence-electron chi connectivity index (χ0n) is 12.1. The molecule has 9 heteroatoms. The number of rotatable bonds is 5. The Labute approximate surface area is 122 Å². The molecule has 7 nitrogen and oxygen atoms in total. The number of aliphatic hydroxyl groups is 1. The molecule has 0 radical (unpaired) electrons. The largest absolute Gasteiger partial charge is 0.392 e. The van der Waals surface area contributed by atoms with Crippen molar-refractivity contribution in [3.8, 4) is 0 Å². The number of hydrogen-bond acceptors (Lipinski definition) is 5. The molecule has 1 rings (SSSR count). The number of nitro benzene ring substituents is 1. The number of aliphatic hydroxyl groups excluding tert-OH is 1. The minimum absolute atomic E-state index is 0.0769. The molecule has 0 aliphatic rings. The number of sulfonamides is 1. The monoisotopic (exact) mass is 320 g/mol. The molecule has 0 saturated carbocycles. The van der Waals surface area contributed by atoms with Crippen LogP contribution in [0.25, 0.3) is 0 Å². The van der Waals surface area contributed by atoms with Crippen molar-refractivity contribution in [3.63, 3.8) is 0 Å². The summed E-state index contributed by atoms with van der Waals surface area (Å²) < 4.78 is 39.5. The highest BCUT2D eigenvalue weighted by Crippen LogP contribution is 2.32. The molecule has 1 aromatic rings. The van der Waals surface area contributed by atoms with Crippen LogP contribution in [0.1, 0.15) is 18.1 Å². The van der Waals surface area contributed by atoms with Crippen LogP contribution in [0.5, 0.6) is 0 Å². The highest BCUT2D eigenvalue weighted by molar-refractivity contribution is 7.89. The molecule has 1 N–H and O–H groups in total. The van der Waals surface area contributed by atoms with E-state index in [2.05, 4.69) is 0 Å². The number of halogens is 1. The zero-order chi connectivity index (χ0) is 16.5. The number of nitro groups is 1. The molecule has 1 atom stereocenters. The first kappa shape index (κ1) is 17.5. The second-order valence-electron chi connectivity index (χ2n) is 4.87. The fourth-order valence-corrected chi connectivity index (χ4v) is 3.83. The maximum absolute atomic E-state index is 13.7. The molecule has 0 aromatic heterocycles. The summed E-state index contributed by atoms with van der Waals surface area (Å²) in [4.78, 5) is 9.64. The topological polar surface area (TPSA) is 101 Å². The number of nitrogens with zero attached hydrogens (tertiary/aromatic N) is 2. The van der Waals surface area contributed by atoms with Crippen LogP contribution >= 0.6 is 0 Å². The van der Waals surface area contributed by atoms with E-state index in [0.717, 1.165) is 10.4 Å². The molecule has 0 saturated heterocycles. The van der Waals surface area contributed by atoms with E-state index in [1.807, 2.05) is 0 Å². The van der Waals surface area contributed by atoms with Gasteiger partial charge in [0, 0.05) is 13.6 Å². The van der Waals surface area contributed by atoms with E-state index < -0.39 is 32.6 Å². The van der Waals surface area contributed by atoms with Crippen LogP contribution in [0.3, 0.4) is 0 Å². The summed E-state index contributed by atoms with van der Waals surface area (Å²) in [6.07, 6.45) is -0.902. The Bertz CT molecular complexity index is 673. The Kier molecular flexibility index (Phi) is 5.03. The first-order valence-electron chi connectivity index (χ1n) is 6.08. The van der Waals surface area contributed by atoms with Crippen LogP contribution in [0.15, 0.2) is 11.0 Å². The van der Waals surface area contributed by atoms with Crippen molar-refractivity contribution in [3.05, 3.63) is 33.1 Å². The summed E-state index contributed by atoms with van der Waals surface area (Å²) in [7, 11) is -2.82. The van der Waals surface area contributed by atoms with Crippen molar-refractivity contribution >= 4 is 15.7 Å². The third kappa shape index (κ3) is 3.36. The van der Waals surface area contributed by atoms with E-state index in [-0.39, 0.29) is 22.6 Å². The number of likely N-dealkylation sites (N-methyl/N-ethyl adjacent to an activating group) is 1. The minimum atomic E-state index is -4.07. The van der Waals surface area contributed by atoms with Crippen molar-refractivity contribution in [1.82, 2.24) is 4.31 Å². The van der Waals surface area contributed by atoms with Gasteiger partial charge < -0.3 is 5.11 Å². The average molecular weight is 320 g/mol. The van der Waals surface area contributed by atoms with Gasteiger partial charge in [-0.15, -0.1) is 0 Å². The summed E-state index contributed by atoms with van der Waals surface area (Å²) in [6.45, 7) is 3.80. The van der Waals surface area contributed by atoms with Crippen molar-refractivity contribution in [2.45, 2.75) is 31.8 Å². The van der Waals surface area contributed by atoms with E-state index in [4.69, 9.17) is 0 Å². The van der Waals surface area contributed by atoms with Crippen LogP contribution in [0.2, 0.25) is 0 Å². The molecule has 21 heavy (non-hydrogen) atoms. The smallest absolute Gasteiger partial charge is 0.309 e. The molecule has 0 aliphatic carbocycles. The second-order valence-corrected chi connectivity index (χ2v) is 6.85. The Morgan fingerprint density at radius 3 is 2.43 bits per heavy atom. The van der Waals surface area contributed by atoms with Gasteiger partial charge in [0.15, 0.2) is 0 Å². The number of hydrogen-bond donors (Lipinski definition) is 1. The predicted octanol–water partition coefficient (Wildman–Crippen LogP) is 1.35. The predicted molar refractivity (Wildman–Crippen MR) is 74.0 cm³/mol. The quantitative estimate of drug-likeness (QED) is 0.652. The molecule has 1 unspecified atom stereocenters. The van der Waals surface area contributed by atoms with E-state index in [0.29, 0.717) is 0 Å². The Morgan fingerprint density at radius 2 is 2.00 bits per heavy atom. The second kappa shape index (κ2) is 6.04. The van der Waals surface area contributed by atoms with Crippen LogP contribution < -0.4 is 0 Å². The van der Waals surface area contributed by atoms with Gasteiger partial charge in [0.25, 0.3) is 0 Å². The van der Waals surface area contributed by atoms with Gasteiger partial charge in [0.05, 0.1) is 21.5 Å². The van der Waals surface area contributed by atoms with Crippen molar-refractivity contribution < 1.29 is 22.8 Å². The van der Waals surface area contributed by atoms with Gasteiger partial charge in [0.2, 0.25) is 15.8 Å². The molecule has 0 bridgehead atoms. The SMILES string of the molecule is Cc1cc(F)c([N+](=O)[O-])c(C)c1S(=O)(=O)N(C)CC(C)O. The zero-order valence-corrected chi connectivity index (χ0v) is 12.9. The molecule has 0 fully saturated rings. The van der Waals surface area contributed by atoms with Gasteiger partial charge in [-0.1, -0.05) is 0 Å². The fourth-order valence-electron chi connectivity index (χ4n) is 2.15. The maximum atomic E-state index is 13.7. The van der Waals surface area contributed by atoms with Crippen LogP contribution in [0.4, 0.5) is 10.1 Å². The van der Waals surface area contributed by atoms with E-state index in [9.17, 15) is 28.0 Å². The van der Waals surface area contributed by atoms with Crippen molar-refractivity contribution in [2.24, 2.45) is 0 Å². The molecule has 0 aliphatic heterocycles. The van der Waals surface area contributed by atoms with Crippen LogP contribution in [0, 0.1) is 29.8 Å². The summed E-state index contributed by atoms with van der Waals surface area (Å²) in [5.74, 6) is -1.08. The molecule has 118 valence electrons. The van der Waals surface area contributed by atoms with Gasteiger partial charge >= 0.3 is 5.69 Å².